The molecule has 4 aromatic rings. The smallest absolute Gasteiger partial charge is 0.223 e. The number of pyridine rings is 1. The maximum Gasteiger partial charge on any atom is 0.223 e. The number of aryl methyl sites for hydroxylation is 2. The highest BCUT2D eigenvalue weighted by Crippen LogP contribution is 2.29. The van der Waals surface area contributed by atoms with Crippen LogP contribution in [0.1, 0.15) is 46.8 Å². The Kier molecular flexibility index (Phi) is 5.94. The van der Waals surface area contributed by atoms with Crippen molar-refractivity contribution in [1.82, 2.24) is 19.5 Å². The van der Waals surface area contributed by atoms with Crippen LogP contribution in [0.25, 0.3) is 5.65 Å². The lowest BCUT2D eigenvalue weighted by atomic mass is 9.84. The summed E-state index contributed by atoms with van der Waals surface area (Å²) in [5.74, 6) is -0.888. The molecule has 172 valence electrons. The number of aliphatic hydroxyl groups is 1. The first kappa shape index (κ1) is 22.5. The second kappa shape index (κ2) is 8.70. The van der Waals surface area contributed by atoms with E-state index in [1.54, 1.807) is 43.5 Å². The van der Waals surface area contributed by atoms with E-state index in [2.05, 4.69) is 15.1 Å². The predicted octanol–water partition coefficient (Wildman–Crippen LogP) is 3.71. The monoisotopic (exact) mass is 456 g/mol. The number of ether oxygens (including phenoxy) is 1. The molecule has 0 aliphatic carbocycles. The second-order valence-electron chi connectivity index (χ2n) is 8.06. The summed E-state index contributed by atoms with van der Waals surface area (Å²) in [7, 11) is 0. The number of halogens is 2. The maximum atomic E-state index is 14.0. The summed E-state index contributed by atoms with van der Waals surface area (Å²) in [6.07, 6.45) is 1.55. The van der Waals surface area contributed by atoms with Crippen LogP contribution in [0, 0.1) is 25.5 Å². The molecule has 0 aliphatic rings. The van der Waals surface area contributed by atoms with Gasteiger partial charge in [0.1, 0.15) is 23.9 Å². The van der Waals surface area contributed by atoms with Gasteiger partial charge < -0.3 is 14.4 Å². The normalized spacial score (nSPS) is 13.3. The fourth-order valence-corrected chi connectivity index (χ4v) is 3.61. The van der Waals surface area contributed by atoms with Crippen molar-refractivity contribution < 1.29 is 27.9 Å². The second-order valence-corrected chi connectivity index (χ2v) is 8.06. The van der Waals surface area contributed by atoms with Gasteiger partial charge in [-0.1, -0.05) is 11.2 Å². The lowest BCUT2D eigenvalue weighted by Gasteiger charge is -2.22. The first-order chi connectivity index (χ1) is 15.7. The maximum absolute atomic E-state index is 14.0. The quantitative estimate of drug-likeness (QED) is 0.403. The number of Topliss-reactive ketones (excluding diaryl/α,β-unsaturated/α-hetero) is 1. The number of ketones is 1. The van der Waals surface area contributed by atoms with E-state index < -0.39 is 17.0 Å². The molecule has 8 nitrogen and oxygen atoms in total. The molecule has 1 unspecified atom stereocenters. The number of aromatic nitrogens is 4. The van der Waals surface area contributed by atoms with Gasteiger partial charge in [0, 0.05) is 19.5 Å². The minimum atomic E-state index is -1.05. The Labute approximate surface area is 187 Å². The van der Waals surface area contributed by atoms with Crippen LogP contribution < -0.4 is 4.74 Å². The highest BCUT2D eigenvalue weighted by molar-refractivity contribution is 5.97. The van der Waals surface area contributed by atoms with E-state index in [4.69, 9.17) is 9.26 Å². The van der Waals surface area contributed by atoms with Crippen LogP contribution in [-0.4, -0.2) is 37.0 Å². The van der Waals surface area contributed by atoms with E-state index >= 15 is 0 Å². The first-order valence-electron chi connectivity index (χ1n) is 10.2. The van der Waals surface area contributed by atoms with Crippen molar-refractivity contribution in [3.05, 3.63) is 76.8 Å². The fourth-order valence-electron chi connectivity index (χ4n) is 3.61. The average Bonchev–Trinajstić information content (AvgIpc) is 3.36. The molecule has 0 spiro atoms. The van der Waals surface area contributed by atoms with Crippen LogP contribution in [0.2, 0.25) is 0 Å². The molecule has 1 aromatic carbocycles. The number of carbonyl (C=O) groups excluding carboxylic acids is 1. The largest absolute Gasteiger partial charge is 0.485 e. The summed E-state index contributed by atoms with van der Waals surface area (Å²) in [4.78, 5) is 21.9. The first-order valence-corrected chi connectivity index (χ1v) is 10.2. The van der Waals surface area contributed by atoms with Crippen molar-refractivity contribution in [2.45, 2.75) is 39.2 Å². The summed E-state index contributed by atoms with van der Waals surface area (Å²) in [5.41, 5.74) is -0.184. The Morgan fingerprint density at radius 3 is 2.55 bits per heavy atom. The molecule has 0 bridgehead atoms. The zero-order valence-electron chi connectivity index (χ0n) is 18.3. The van der Waals surface area contributed by atoms with Gasteiger partial charge in [-0.15, -0.1) is 0 Å². The molecule has 0 radical (unpaired) electrons. The molecule has 3 heterocycles. The van der Waals surface area contributed by atoms with Gasteiger partial charge in [-0.25, -0.2) is 13.8 Å². The lowest BCUT2D eigenvalue weighted by Crippen LogP contribution is -2.32. The number of rotatable bonds is 8. The molecule has 0 aliphatic heterocycles. The molecule has 0 saturated carbocycles. The van der Waals surface area contributed by atoms with Gasteiger partial charge >= 0.3 is 0 Å². The van der Waals surface area contributed by atoms with Gasteiger partial charge in [0.05, 0.1) is 23.3 Å². The van der Waals surface area contributed by atoms with Crippen molar-refractivity contribution in [2.75, 3.05) is 6.61 Å². The van der Waals surface area contributed by atoms with Crippen LogP contribution in [0.4, 0.5) is 8.78 Å². The zero-order valence-corrected chi connectivity index (χ0v) is 18.3. The van der Waals surface area contributed by atoms with E-state index in [0.29, 0.717) is 22.9 Å². The standard InChI is InChI=1S/C23H22F2N4O4/c1-13-20(18(31)10-23(3,12-30)22-27-14(2)33-28-22)29-9-5-8-19(21(29)26-13)32-11-15-16(24)6-4-7-17(15)25/h4-9,30H,10-12H2,1-3H3. The SMILES string of the molecule is Cc1nc(C(C)(CO)CC(=O)c2c(C)nc3c(OCc4c(F)cccc4F)cccn23)no1. The fraction of sp³-hybridized carbons (Fsp3) is 0.304. The van der Waals surface area contributed by atoms with Gasteiger partial charge in [0.25, 0.3) is 0 Å². The molecule has 1 atom stereocenters. The number of fused-ring (bicyclic) bond motifs is 1. The Hall–Kier alpha value is -3.66. The van der Waals surface area contributed by atoms with E-state index in [0.717, 1.165) is 12.1 Å². The molecule has 10 heteroatoms. The molecule has 3 aromatic heterocycles. The molecule has 1 N–H and O–H groups in total. The number of imidazole rings is 1. The third kappa shape index (κ3) is 4.21. The summed E-state index contributed by atoms with van der Waals surface area (Å²) in [6.45, 7) is 4.27. The Balaban J connectivity index is 1.64. The van der Waals surface area contributed by atoms with E-state index in [1.165, 1.54) is 6.07 Å². The van der Waals surface area contributed by atoms with Crippen LogP contribution in [-0.2, 0) is 12.0 Å². The minimum Gasteiger partial charge on any atom is -0.485 e. The average molecular weight is 456 g/mol. The molecule has 4 rings (SSSR count). The Morgan fingerprint density at radius 2 is 1.91 bits per heavy atom. The number of aliphatic hydroxyl groups excluding tert-OH is 1. The van der Waals surface area contributed by atoms with Crippen LogP contribution in [0.5, 0.6) is 5.75 Å². The van der Waals surface area contributed by atoms with Gasteiger partial charge in [-0.3, -0.25) is 9.20 Å². The van der Waals surface area contributed by atoms with Crippen LogP contribution in [0.3, 0.4) is 0 Å². The molecule has 0 amide bonds. The molecule has 0 saturated heterocycles. The van der Waals surface area contributed by atoms with E-state index in [1.807, 2.05) is 0 Å². The van der Waals surface area contributed by atoms with Crippen molar-refractivity contribution in [3.8, 4) is 5.75 Å². The predicted molar refractivity (Wildman–Crippen MR) is 113 cm³/mol. The van der Waals surface area contributed by atoms with Crippen LogP contribution >= 0.6 is 0 Å². The van der Waals surface area contributed by atoms with Gasteiger partial charge in [-0.05, 0) is 38.1 Å². The third-order valence-electron chi connectivity index (χ3n) is 5.45. The number of benzene rings is 1. The Bertz CT molecular complexity index is 1310. The summed E-state index contributed by atoms with van der Waals surface area (Å²) >= 11 is 0. The number of hydrogen-bond acceptors (Lipinski definition) is 7. The molecular weight excluding hydrogens is 434 g/mol. The van der Waals surface area contributed by atoms with Crippen molar-refractivity contribution in [1.29, 1.82) is 0 Å². The Morgan fingerprint density at radius 1 is 1.18 bits per heavy atom. The number of nitrogens with zero attached hydrogens (tertiary/aromatic N) is 4. The van der Waals surface area contributed by atoms with Gasteiger partial charge in [0.15, 0.2) is 23.0 Å². The highest BCUT2D eigenvalue weighted by atomic mass is 19.1. The molecule has 0 fully saturated rings. The van der Waals surface area contributed by atoms with Crippen molar-refractivity contribution in [3.63, 3.8) is 0 Å². The third-order valence-corrected chi connectivity index (χ3v) is 5.45. The van der Waals surface area contributed by atoms with Crippen molar-refractivity contribution in [2.24, 2.45) is 0 Å². The highest BCUT2D eigenvalue weighted by Gasteiger charge is 2.35. The lowest BCUT2D eigenvalue weighted by molar-refractivity contribution is 0.0904. The van der Waals surface area contributed by atoms with E-state index in [-0.39, 0.29) is 42.6 Å². The molecular formula is C23H22F2N4O4. The topological polar surface area (TPSA) is 103 Å². The summed E-state index contributed by atoms with van der Waals surface area (Å²) in [6, 6.07) is 6.84. The number of hydrogen-bond donors (Lipinski definition) is 1. The van der Waals surface area contributed by atoms with Gasteiger partial charge in [-0.2, -0.15) is 4.98 Å². The van der Waals surface area contributed by atoms with Crippen LogP contribution in [0.15, 0.2) is 41.1 Å². The van der Waals surface area contributed by atoms with Gasteiger partial charge in [0.2, 0.25) is 5.89 Å². The number of carbonyl (C=O) groups is 1. The zero-order chi connectivity index (χ0) is 23.8. The summed E-state index contributed by atoms with van der Waals surface area (Å²) in [5, 5.41) is 13.8. The molecule has 33 heavy (non-hydrogen) atoms. The minimum absolute atomic E-state index is 0.0946. The van der Waals surface area contributed by atoms with Crippen molar-refractivity contribution >= 4 is 11.4 Å². The summed E-state index contributed by atoms with van der Waals surface area (Å²) < 4.78 is 40.1. The van der Waals surface area contributed by atoms with E-state index in [9.17, 15) is 18.7 Å².